The lowest BCUT2D eigenvalue weighted by molar-refractivity contribution is 0.0955. The number of hydrogen-bond donors (Lipinski definition) is 1. The van der Waals surface area contributed by atoms with E-state index in [4.69, 9.17) is 4.74 Å². The van der Waals surface area contributed by atoms with E-state index in [1.165, 1.54) is 9.13 Å². The minimum Gasteiger partial charge on any atom is -0.497 e. The maximum absolute atomic E-state index is 13.0. The molecular weight excluding hydrogens is 458 g/mol. The quantitative estimate of drug-likeness (QED) is 0.390. The number of carbonyl (C=O) groups excluding carboxylic acids is 1. The zero-order valence-electron chi connectivity index (χ0n) is 18.2. The molecule has 0 bridgehead atoms. The van der Waals surface area contributed by atoms with E-state index in [-0.39, 0.29) is 23.7 Å². The third kappa shape index (κ3) is 5.04. The number of rotatable bonds is 8. The molecule has 2 heterocycles. The van der Waals surface area contributed by atoms with Crippen LogP contribution in [0.4, 0.5) is 0 Å². The highest BCUT2D eigenvalue weighted by Crippen LogP contribution is 2.22. The maximum Gasteiger partial charge on any atom is 0.331 e. The Morgan fingerprint density at radius 2 is 1.82 bits per heavy atom. The van der Waals surface area contributed by atoms with Crippen LogP contribution in [0.1, 0.15) is 15.2 Å². The highest BCUT2D eigenvalue weighted by atomic mass is 32.2. The molecule has 0 saturated carbocycles. The van der Waals surface area contributed by atoms with E-state index < -0.39 is 0 Å². The van der Waals surface area contributed by atoms with E-state index in [0.717, 1.165) is 27.5 Å². The van der Waals surface area contributed by atoms with Gasteiger partial charge in [-0.15, -0.1) is 23.1 Å². The highest BCUT2D eigenvalue weighted by Gasteiger charge is 2.17. The van der Waals surface area contributed by atoms with Crippen LogP contribution in [0.5, 0.6) is 5.75 Å². The minimum absolute atomic E-state index is 0.287. The molecule has 9 heteroatoms. The zero-order valence-corrected chi connectivity index (χ0v) is 19.9. The first-order chi connectivity index (χ1) is 16.0. The number of ether oxygens (including phenoxy) is 1. The topological polar surface area (TPSA) is 82.3 Å². The fourth-order valence-electron chi connectivity index (χ4n) is 3.38. The van der Waals surface area contributed by atoms with Gasteiger partial charge in [0.1, 0.15) is 10.6 Å². The molecule has 2 aromatic heterocycles. The Labute approximate surface area is 198 Å². The molecule has 4 aromatic rings. The van der Waals surface area contributed by atoms with Gasteiger partial charge in [0, 0.05) is 30.8 Å². The Balaban J connectivity index is 1.51. The largest absolute Gasteiger partial charge is 0.497 e. The maximum atomic E-state index is 13.0. The number of methoxy groups -OCH3 is 1. The van der Waals surface area contributed by atoms with Crippen molar-refractivity contribution in [2.24, 2.45) is 7.05 Å². The molecule has 0 atom stereocenters. The van der Waals surface area contributed by atoms with Gasteiger partial charge in [-0.2, -0.15) is 0 Å². The Bertz CT molecular complexity index is 1390. The molecule has 2 aromatic carbocycles. The molecule has 1 N–H and O–H groups in total. The molecule has 0 fully saturated rings. The SMILES string of the molecule is COc1ccc(CNC(=O)c2cc3c(=O)n(CCSc4ccccc4)c(=O)n(C)c3s2)cc1. The summed E-state index contributed by atoms with van der Waals surface area (Å²) in [6.45, 7) is 0.632. The van der Waals surface area contributed by atoms with Gasteiger partial charge in [0.15, 0.2) is 0 Å². The number of aromatic nitrogens is 2. The Hall–Kier alpha value is -3.30. The smallest absolute Gasteiger partial charge is 0.331 e. The molecule has 0 unspecified atom stereocenters. The molecule has 0 aliphatic heterocycles. The van der Waals surface area contributed by atoms with Crippen LogP contribution in [0, 0.1) is 0 Å². The first-order valence-corrected chi connectivity index (χ1v) is 12.1. The van der Waals surface area contributed by atoms with Crippen LogP contribution in [0.25, 0.3) is 10.2 Å². The Kier molecular flexibility index (Phi) is 7.00. The second-order valence-corrected chi connectivity index (χ2v) is 9.52. The predicted molar refractivity (Wildman–Crippen MR) is 133 cm³/mol. The molecule has 1 amide bonds. The first kappa shape index (κ1) is 22.9. The van der Waals surface area contributed by atoms with Crippen molar-refractivity contribution in [2.45, 2.75) is 18.0 Å². The predicted octanol–water partition coefficient (Wildman–Crippen LogP) is 3.49. The lowest BCUT2D eigenvalue weighted by Crippen LogP contribution is -2.39. The van der Waals surface area contributed by atoms with Gasteiger partial charge < -0.3 is 10.1 Å². The number of nitrogens with zero attached hydrogens (tertiary/aromatic N) is 2. The number of hydrogen-bond acceptors (Lipinski definition) is 6. The summed E-state index contributed by atoms with van der Waals surface area (Å²) in [6, 6.07) is 18.8. The van der Waals surface area contributed by atoms with Crippen molar-refractivity contribution in [3.63, 3.8) is 0 Å². The first-order valence-electron chi connectivity index (χ1n) is 10.3. The van der Waals surface area contributed by atoms with Crippen LogP contribution in [-0.4, -0.2) is 27.9 Å². The van der Waals surface area contributed by atoms with Gasteiger partial charge >= 0.3 is 5.69 Å². The molecule has 0 radical (unpaired) electrons. The van der Waals surface area contributed by atoms with Gasteiger partial charge in [-0.25, -0.2) is 4.79 Å². The standard InChI is InChI=1S/C24H23N3O4S2/c1-26-23-19(22(29)27(24(26)30)12-13-32-18-6-4-3-5-7-18)14-20(33-23)21(28)25-15-16-8-10-17(31-2)11-9-16/h3-11,14H,12-13,15H2,1-2H3,(H,25,28). The summed E-state index contributed by atoms with van der Waals surface area (Å²) in [5.41, 5.74) is 0.177. The number of carbonyl (C=O) groups is 1. The normalized spacial score (nSPS) is 11.0. The molecule has 33 heavy (non-hydrogen) atoms. The van der Waals surface area contributed by atoms with Gasteiger partial charge in [0.05, 0.1) is 17.4 Å². The highest BCUT2D eigenvalue weighted by molar-refractivity contribution is 7.99. The Morgan fingerprint density at radius 3 is 2.52 bits per heavy atom. The molecule has 170 valence electrons. The lowest BCUT2D eigenvalue weighted by Gasteiger charge is -2.08. The van der Waals surface area contributed by atoms with E-state index >= 15 is 0 Å². The summed E-state index contributed by atoms with van der Waals surface area (Å²) < 4.78 is 7.82. The van der Waals surface area contributed by atoms with E-state index in [0.29, 0.717) is 27.4 Å². The van der Waals surface area contributed by atoms with Crippen molar-refractivity contribution >= 4 is 39.2 Å². The van der Waals surface area contributed by atoms with Crippen LogP contribution in [0.15, 0.2) is 75.1 Å². The van der Waals surface area contributed by atoms with Crippen molar-refractivity contribution in [1.82, 2.24) is 14.5 Å². The van der Waals surface area contributed by atoms with Crippen molar-refractivity contribution in [3.05, 3.63) is 91.9 Å². The monoisotopic (exact) mass is 481 g/mol. The Morgan fingerprint density at radius 1 is 1.09 bits per heavy atom. The fraction of sp³-hybridized carbons (Fsp3) is 0.208. The van der Waals surface area contributed by atoms with Crippen molar-refractivity contribution in [3.8, 4) is 5.75 Å². The molecule has 0 saturated heterocycles. The van der Waals surface area contributed by atoms with Crippen LogP contribution in [0.3, 0.4) is 0 Å². The van der Waals surface area contributed by atoms with Crippen molar-refractivity contribution in [1.29, 1.82) is 0 Å². The third-order valence-corrected chi connectivity index (χ3v) is 7.38. The van der Waals surface area contributed by atoms with Gasteiger partial charge in [0.2, 0.25) is 0 Å². The second kappa shape index (κ2) is 10.1. The summed E-state index contributed by atoms with van der Waals surface area (Å²) >= 11 is 2.73. The van der Waals surface area contributed by atoms with Gasteiger partial charge in [-0.3, -0.25) is 18.7 Å². The number of thioether (sulfide) groups is 1. The molecular formula is C24H23N3O4S2. The van der Waals surface area contributed by atoms with Crippen LogP contribution >= 0.6 is 23.1 Å². The summed E-state index contributed by atoms with van der Waals surface area (Å²) in [5, 5.41) is 3.24. The van der Waals surface area contributed by atoms with Crippen LogP contribution in [0.2, 0.25) is 0 Å². The van der Waals surface area contributed by atoms with Gasteiger partial charge in [0.25, 0.3) is 11.5 Å². The second-order valence-electron chi connectivity index (χ2n) is 7.32. The molecule has 0 spiro atoms. The van der Waals surface area contributed by atoms with E-state index in [2.05, 4.69) is 5.32 Å². The van der Waals surface area contributed by atoms with Gasteiger partial charge in [-0.05, 0) is 35.9 Å². The number of aryl methyl sites for hydroxylation is 1. The minimum atomic E-state index is -0.381. The summed E-state index contributed by atoms with van der Waals surface area (Å²) in [5.74, 6) is 1.04. The average Bonchev–Trinajstić information content (AvgIpc) is 3.30. The summed E-state index contributed by atoms with van der Waals surface area (Å²) in [6.07, 6.45) is 0. The number of benzene rings is 2. The molecule has 7 nitrogen and oxygen atoms in total. The summed E-state index contributed by atoms with van der Waals surface area (Å²) in [4.78, 5) is 40.5. The number of thiophene rings is 1. The van der Waals surface area contributed by atoms with E-state index in [1.807, 2.05) is 54.6 Å². The fourth-order valence-corrected chi connectivity index (χ4v) is 5.26. The molecule has 4 rings (SSSR count). The van der Waals surface area contributed by atoms with Gasteiger partial charge in [-0.1, -0.05) is 30.3 Å². The number of nitrogens with one attached hydrogen (secondary N) is 1. The molecule has 0 aliphatic rings. The molecule has 0 aliphatic carbocycles. The van der Waals surface area contributed by atoms with Crippen molar-refractivity contribution in [2.75, 3.05) is 12.9 Å². The van der Waals surface area contributed by atoms with E-state index in [9.17, 15) is 14.4 Å². The van der Waals surface area contributed by atoms with Crippen molar-refractivity contribution < 1.29 is 9.53 Å². The van der Waals surface area contributed by atoms with Crippen LogP contribution in [-0.2, 0) is 20.1 Å². The number of amides is 1. The summed E-state index contributed by atoms with van der Waals surface area (Å²) in [7, 11) is 3.22. The lowest BCUT2D eigenvalue weighted by atomic mass is 10.2. The third-order valence-electron chi connectivity index (χ3n) is 5.17. The zero-order chi connectivity index (χ0) is 23.4. The van der Waals surface area contributed by atoms with Crippen LogP contribution < -0.4 is 21.3 Å². The average molecular weight is 482 g/mol. The number of fused-ring (bicyclic) bond motifs is 1. The van der Waals surface area contributed by atoms with E-state index in [1.54, 1.807) is 32.0 Å².